The number of methoxy groups -OCH3 is 1. The summed E-state index contributed by atoms with van der Waals surface area (Å²) in [4.78, 5) is 26.8. The first-order valence-corrected chi connectivity index (χ1v) is 11.4. The number of nitrogens with zero attached hydrogens (tertiary/aromatic N) is 2. The van der Waals surface area contributed by atoms with Crippen molar-refractivity contribution in [3.63, 3.8) is 0 Å². The van der Waals surface area contributed by atoms with E-state index in [-0.39, 0.29) is 17.3 Å². The summed E-state index contributed by atoms with van der Waals surface area (Å²) < 4.78 is 37.6. The molecule has 8 nitrogen and oxygen atoms in total. The largest absolute Gasteiger partial charge is 0.497 e. The Morgan fingerprint density at radius 2 is 1.72 bits per heavy atom. The van der Waals surface area contributed by atoms with Crippen LogP contribution in [0.1, 0.15) is 32.6 Å². The fraction of sp³-hybridized carbons (Fsp3) is 0.600. The molecular formula is C20H28N2O6S. The number of piperidine rings is 1. The maximum absolute atomic E-state index is 12.9. The number of amides is 1. The highest BCUT2D eigenvalue weighted by molar-refractivity contribution is 7.89. The van der Waals surface area contributed by atoms with E-state index in [1.807, 2.05) is 0 Å². The van der Waals surface area contributed by atoms with E-state index in [0.29, 0.717) is 38.2 Å². The lowest BCUT2D eigenvalue weighted by Gasteiger charge is -2.31. The lowest BCUT2D eigenvalue weighted by molar-refractivity contribution is -0.163. The average Bonchev–Trinajstić information content (AvgIpc) is 3.28. The zero-order valence-electron chi connectivity index (χ0n) is 16.9. The van der Waals surface area contributed by atoms with Gasteiger partial charge in [-0.25, -0.2) is 8.42 Å². The van der Waals surface area contributed by atoms with Gasteiger partial charge >= 0.3 is 5.97 Å². The molecule has 2 aliphatic heterocycles. The van der Waals surface area contributed by atoms with Gasteiger partial charge < -0.3 is 14.4 Å². The molecule has 9 heteroatoms. The Morgan fingerprint density at radius 3 is 2.34 bits per heavy atom. The van der Waals surface area contributed by atoms with Crippen molar-refractivity contribution in [1.29, 1.82) is 0 Å². The fourth-order valence-corrected chi connectivity index (χ4v) is 5.29. The van der Waals surface area contributed by atoms with E-state index >= 15 is 0 Å². The zero-order chi connectivity index (χ0) is 21.0. The summed E-state index contributed by atoms with van der Waals surface area (Å²) in [6, 6.07) is 6.17. The third-order valence-electron chi connectivity index (χ3n) is 5.47. The molecule has 2 aliphatic rings. The van der Waals surface area contributed by atoms with E-state index in [9.17, 15) is 18.0 Å². The number of hydrogen-bond acceptors (Lipinski definition) is 6. The second kappa shape index (κ2) is 9.13. The molecule has 2 saturated heterocycles. The van der Waals surface area contributed by atoms with Crippen LogP contribution in [0.4, 0.5) is 0 Å². The second-order valence-electron chi connectivity index (χ2n) is 7.49. The number of likely N-dealkylation sites (tertiary alicyclic amines) is 1. The van der Waals surface area contributed by atoms with Crippen LogP contribution in [0.2, 0.25) is 0 Å². The van der Waals surface area contributed by atoms with Crippen molar-refractivity contribution >= 4 is 21.9 Å². The molecule has 2 unspecified atom stereocenters. The van der Waals surface area contributed by atoms with Gasteiger partial charge in [0.15, 0.2) is 6.10 Å². The summed E-state index contributed by atoms with van der Waals surface area (Å²) >= 11 is 0. The van der Waals surface area contributed by atoms with Crippen molar-refractivity contribution in [1.82, 2.24) is 9.21 Å². The maximum Gasteiger partial charge on any atom is 0.311 e. The highest BCUT2D eigenvalue weighted by Crippen LogP contribution is 2.26. The van der Waals surface area contributed by atoms with Gasteiger partial charge in [0, 0.05) is 26.2 Å². The number of carbonyl (C=O) groups excluding carboxylic acids is 2. The molecule has 0 aliphatic carbocycles. The van der Waals surface area contributed by atoms with Gasteiger partial charge in [0.2, 0.25) is 10.0 Å². The van der Waals surface area contributed by atoms with Crippen LogP contribution < -0.4 is 4.74 Å². The number of benzene rings is 1. The van der Waals surface area contributed by atoms with Crippen LogP contribution in [0.25, 0.3) is 0 Å². The SMILES string of the molecule is COc1ccc(S(=O)(=O)N2CCCC(C(=O)OC(C)C(=O)N3CCCC3)C2)cc1. The number of hydrogen-bond donors (Lipinski definition) is 0. The van der Waals surface area contributed by atoms with Gasteiger partial charge in [-0.3, -0.25) is 9.59 Å². The van der Waals surface area contributed by atoms with Gasteiger partial charge in [0.25, 0.3) is 5.91 Å². The molecule has 0 radical (unpaired) electrons. The lowest BCUT2D eigenvalue weighted by Crippen LogP contribution is -2.44. The Morgan fingerprint density at radius 1 is 1.07 bits per heavy atom. The first-order chi connectivity index (χ1) is 13.8. The molecule has 29 heavy (non-hydrogen) atoms. The summed E-state index contributed by atoms with van der Waals surface area (Å²) in [5, 5.41) is 0. The molecular weight excluding hydrogens is 396 g/mol. The molecule has 2 fully saturated rings. The van der Waals surface area contributed by atoms with Crippen LogP contribution in [0, 0.1) is 5.92 Å². The standard InChI is InChI=1S/C20H28N2O6S/c1-15(19(23)21-11-3-4-12-21)28-20(24)16-6-5-13-22(14-16)29(25,26)18-9-7-17(27-2)8-10-18/h7-10,15-16H,3-6,11-14H2,1-2H3. The van der Waals surface area contributed by atoms with E-state index < -0.39 is 28.0 Å². The molecule has 1 aromatic carbocycles. The molecule has 0 spiro atoms. The van der Waals surface area contributed by atoms with Gasteiger partial charge in [0.1, 0.15) is 5.75 Å². The van der Waals surface area contributed by atoms with Crippen molar-refractivity contribution in [2.24, 2.45) is 5.92 Å². The van der Waals surface area contributed by atoms with E-state index in [2.05, 4.69) is 0 Å². The Hall–Kier alpha value is -2.13. The summed E-state index contributed by atoms with van der Waals surface area (Å²) in [6.45, 7) is 3.36. The maximum atomic E-state index is 12.9. The molecule has 160 valence electrons. The Kier molecular flexibility index (Phi) is 6.79. The minimum Gasteiger partial charge on any atom is -0.497 e. The van der Waals surface area contributed by atoms with Crippen molar-refractivity contribution in [3.05, 3.63) is 24.3 Å². The van der Waals surface area contributed by atoms with Crippen molar-refractivity contribution in [2.75, 3.05) is 33.3 Å². The van der Waals surface area contributed by atoms with E-state index in [1.165, 1.54) is 23.5 Å². The predicted octanol–water partition coefficient (Wildman–Crippen LogP) is 1.65. The lowest BCUT2D eigenvalue weighted by atomic mass is 10.00. The van der Waals surface area contributed by atoms with Gasteiger partial charge in [-0.2, -0.15) is 4.31 Å². The minimum absolute atomic E-state index is 0.0534. The Labute approximate surface area is 171 Å². The normalized spacial score (nSPS) is 21.6. The number of esters is 1. The van der Waals surface area contributed by atoms with E-state index in [0.717, 1.165) is 12.8 Å². The summed E-state index contributed by atoms with van der Waals surface area (Å²) in [5.41, 5.74) is 0. The van der Waals surface area contributed by atoms with Gasteiger partial charge in [-0.15, -0.1) is 0 Å². The molecule has 0 saturated carbocycles. The van der Waals surface area contributed by atoms with Crippen LogP contribution >= 0.6 is 0 Å². The van der Waals surface area contributed by atoms with Crippen LogP contribution in [0.5, 0.6) is 5.75 Å². The van der Waals surface area contributed by atoms with Crippen molar-refractivity contribution in [2.45, 2.75) is 43.6 Å². The molecule has 2 heterocycles. The van der Waals surface area contributed by atoms with Crippen LogP contribution in [-0.4, -0.2) is 68.9 Å². The first-order valence-electron chi connectivity index (χ1n) is 9.96. The molecule has 1 amide bonds. The number of sulfonamides is 1. The number of rotatable bonds is 6. The molecule has 0 aromatic heterocycles. The van der Waals surface area contributed by atoms with Gasteiger partial charge in [0.05, 0.1) is 17.9 Å². The quantitative estimate of drug-likeness (QED) is 0.645. The van der Waals surface area contributed by atoms with Crippen LogP contribution in [0.3, 0.4) is 0 Å². The van der Waals surface area contributed by atoms with Crippen LogP contribution in [0.15, 0.2) is 29.2 Å². The topological polar surface area (TPSA) is 93.2 Å². The van der Waals surface area contributed by atoms with E-state index in [1.54, 1.807) is 24.0 Å². The minimum atomic E-state index is -3.72. The molecule has 1 aromatic rings. The fourth-order valence-electron chi connectivity index (χ4n) is 3.77. The summed E-state index contributed by atoms with van der Waals surface area (Å²) in [7, 11) is -2.20. The predicted molar refractivity (Wildman–Crippen MR) is 106 cm³/mol. The van der Waals surface area contributed by atoms with Crippen molar-refractivity contribution in [3.8, 4) is 5.75 Å². The Bertz CT molecular complexity index is 833. The highest BCUT2D eigenvalue weighted by atomic mass is 32.2. The average molecular weight is 425 g/mol. The summed E-state index contributed by atoms with van der Waals surface area (Å²) in [5.74, 6) is -0.708. The molecule has 0 bridgehead atoms. The van der Waals surface area contributed by atoms with Gasteiger partial charge in [-0.1, -0.05) is 0 Å². The van der Waals surface area contributed by atoms with Gasteiger partial charge in [-0.05, 0) is 56.9 Å². The highest BCUT2D eigenvalue weighted by Gasteiger charge is 2.36. The molecule has 2 atom stereocenters. The number of ether oxygens (including phenoxy) is 2. The molecule has 0 N–H and O–H groups in total. The summed E-state index contributed by atoms with van der Waals surface area (Å²) in [6.07, 6.45) is 2.18. The second-order valence-corrected chi connectivity index (χ2v) is 9.43. The zero-order valence-corrected chi connectivity index (χ0v) is 17.7. The third-order valence-corrected chi connectivity index (χ3v) is 7.35. The number of carbonyl (C=O) groups is 2. The van der Waals surface area contributed by atoms with Crippen LogP contribution in [-0.2, 0) is 24.3 Å². The first kappa shape index (κ1) is 21.6. The Balaban J connectivity index is 1.63. The van der Waals surface area contributed by atoms with Crippen molar-refractivity contribution < 1.29 is 27.5 Å². The monoisotopic (exact) mass is 424 g/mol. The smallest absolute Gasteiger partial charge is 0.311 e. The van der Waals surface area contributed by atoms with E-state index in [4.69, 9.17) is 9.47 Å². The molecule has 3 rings (SSSR count). The third kappa shape index (κ3) is 4.90.